The number of hydrogen-bond donors (Lipinski definition) is 3. The van der Waals surface area contributed by atoms with E-state index in [-0.39, 0.29) is 12.2 Å². The molecule has 0 atom stereocenters. The molecule has 3 aromatic rings. The van der Waals surface area contributed by atoms with Crippen molar-refractivity contribution in [3.05, 3.63) is 70.0 Å². The average Bonchev–Trinajstić information content (AvgIpc) is 2.77. The fraction of sp³-hybridized carbons (Fsp3) is 0.333. The van der Waals surface area contributed by atoms with E-state index in [1.807, 2.05) is 54.3 Å². The summed E-state index contributed by atoms with van der Waals surface area (Å²) in [4.78, 5) is 17.6. The minimum atomic E-state index is -0.151. The van der Waals surface area contributed by atoms with Crippen molar-refractivity contribution in [1.29, 1.82) is 0 Å². The number of aromatic amines is 1. The highest BCUT2D eigenvalue weighted by Gasteiger charge is 2.14. The Morgan fingerprint density at radius 3 is 2.71 bits per heavy atom. The third-order valence-corrected chi connectivity index (χ3v) is 5.44. The summed E-state index contributed by atoms with van der Waals surface area (Å²) < 4.78 is 5.58. The highest BCUT2D eigenvalue weighted by molar-refractivity contribution is 7.80. The number of benzene rings is 2. The smallest absolute Gasteiger partial charge is 0.253 e. The standard InChI is InChI=1S/C24H29N3O3S/c1-3-17-8-5-6-9-21(17)26-24(31)27(12-7-13-28)16-19-14-18-15-20(30-4-2)10-11-22(18)25-23(19)29/h5-6,8-11,14-15,28H,3-4,7,12-13,16H2,1-2H3,(H,25,29)(H,26,31). The third kappa shape index (κ3) is 5.83. The second-order valence-electron chi connectivity index (χ2n) is 7.25. The first kappa shape index (κ1) is 22.8. The zero-order valence-electron chi connectivity index (χ0n) is 18.0. The zero-order valence-corrected chi connectivity index (χ0v) is 18.8. The van der Waals surface area contributed by atoms with E-state index in [0.717, 1.165) is 28.8 Å². The maximum atomic E-state index is 12.7. The number of anilines is 1. The van der Waals surface area contributed by atoms with Crippen LogP contribution in [-0.2, 0) is 13.0 Å². The minimum absolute atomic E-state index is 0.0520. The first-order valence-corrected chi connectivity index (χ1v) is 11.0. The third-order valence-electron chi connectivity index (χ3n) is 5.08. The number of nitrogens with one attached hydrogen (secondary N) is 2. The lowest BCUT2D eigenvalue weighted by Crippen LogP contribution is -2.37. The van der Waals surface area contributed by atoms with Gasteiger partial charge in [0.1, 0.15) is 5.75 Å². The summed E-state index contributed by atoms with van der Waals surface area (Å²) in [6.45, 7) is 5.54. The van der Waals surface area contributed by atoms with E-state index in [1.54, 1.807) is 0 Å². The van der Waals surface area contributed by atoms with Gasteiger partial charge in [-0.15, -0.1) is 0 Å². The van der Waals surface area contributed by atoms with Crippen LogP contribution in [0.3, 0.4) is 0 Å². The number of aliphatic hydroxyl groups excluding tert-OH is 1. The molecular formula is C24H29N3O3S. The van der Waals surface area contributed by atoms with E-state index >= 15 is 0 Å². The number of aryl methyl sites for hydroxylation is 1. The van der Waals surface area contributed by atoms with Crippen LogP contribution in [0.5, 0.6) is 5.75 Å². The quantitative estimate of drug-likeness (QED) is 0.436. The predicted octanol–water partition coefficient (Wildman–Crippen LogP) is 4.07. The summed E-state index contributed by atoms with van der Waals surface area (Å²) in [5.74, 6) is 0.762. The van der Waals surface area contributed by atoms with Crippen molar-refractivity contribution in [3.8, 4) is 5.75 Å². The van der Waals surface area contributed by atoms with Crippen molar-refractivity contribution in [3.63, 3.8) is 0 Å². The number of hydrogen-bond acceptors (Lipinski definition) is 4. The molecule has 0 unspecified atom stereocenters. The van der Waals surface area contributed by atoms with Gasteiger partial charge in [-0.2, -0.15) is 0 Å². The van der Waals surface area contributed by atoms with Crippen molar-refractivity contribution >= 4 is 33.9 Å². The van der Waals surface area contributed by atoms with Crippen molar-refractivity contribution in [2.45, 2.75) is 33.2 Å². The number of fused-ring (bicyclic) bond motifs is 1. The molecule has 0 saturated carbocycles. The van der Waals surface area contributed by atoms with Crippen LogP contribution < -0.4 is 15.6 Å². The summed E-state index contributed by atoms with van der Waals surface area (Å²) >= 11 is 5.67. The van der Waals surface area contributed by atoms with Gasteiger partial charge in [-0.1, -0.05) is 25.1 Å². The molecule has 3 N–H and O–H groups in total. The molecule has 0 amide bonds. The van der Waals surface area contributed by atoms with E-state index in [4.69, 9.17) is 17.0 Å². The molecule has 0 spiro atoms. The first-order valence-electron chi connectivity index (χ1n) is 10.6. The van der Waals surface area contributed by atoms with Crippen LogP contribution in [0.25, 0.3) is 10.9 Å². The molecule has 1 aromatic heterocycles. The second-order valence-corrected chi connectivity index (χ2v) is 7.63. The maximum absolute atomic E-state index is 12.7. The van der Waals surface area contributed by atoms with Gasteiger partial charge in [-0.3, -0.25) is 4.79 Å². The fourth-order valence-corrected chi connectivity index (χ4v) is 3.73. The Kier molecular flexibility index (Phi) is 8.03. The molecule has 0 radical (unpaired) electrons. The number of rotatable bonds is 9. The number of aromatic nitrogens is 1. The molecule has 0 bridgehead atoms. The number of nitrogens with zero attached hydrogens (tertiary/aromatic N) is 1. The first-order chi connectivity index (χ1) is 15.0. The molecule has 0 fully saturated rings. The topological polar surface area (TPSA) is 77.6 Å². The van der Waals surface area contributed by atoms with Crippen molar-refractivity contribution < 1.29 is 9.84 Å². The van der Waals surface area contributed by atoms with Crippen LogP contribution in [0.2, 0.25) is 0 Å². The fourth-order valence-electron chi connectivity index (χ4n) is 3.47. The van der Waals surface area contributed by atoms with Gasteiger partial charge in [0.15, 0.2) is 5.11 Å². The summed E-state index contributed by atoms with van der Waals surface area (Å²) in [6, 6.07) is 15.5. The average molecular weight is 440 g/mol. The second kappa shape index (κ2) is 10.9. The van der Waals surface area contributed by atoms with Crippen LogP contribution in [0, 0.1) is 0 Å². The van der Waals surface area contributed by atoms with Gasteiger partial charge < -0.3 is 25.0 Å². The largest absolute Gasteiger partial charge is 0.494 e. The van der Waals surface area contributed by atoms with E-state index in [1.165, 1.54) is 5.56 Å². The van der Waals surface area contributed by atoms with Gasteiger partial charge in [-0.25, -0.2) is 0 Å². The van der Waals surface area contributed by atoms with Crippen molar-refractivity contribution in [2.24, 2.45) is 0 Å². The van der Waals surface area contributed by atoms with Crippen LogP contribution in [-0.4, -0.2) is 39.9 Å². The Morgan fingerprint density at radius 1 is 1.16 bits per heavy atom. The number of thiocarbonyl (C=S) groups is 1. The van der Waals surface area contributed by atoms with Gasteiger partial charge in [0, 0.05) is 35.3 Å². The molecule has 3 rings (SSSR count). The minimum Gasteiger partial charge on any atom is -0.494 e. The molecule has 164 valence electrons. The Balaban J connectivity index is 1.87. The molecule has 31 heavy (non-hydrogen) atoms. The van der Waals surface area contributed by atoms with E-state index in [9.17, 15) is 9.90 Å². The maximum Gasteiger partial charge on any atom is 0.253 e. The van der Waals surface area contributed by atoms with Gasteiger partial charge in [0.2, 0.25) is 0 Å². The van der Waals surface area contributed by atoms with Crippen molar-refractivity contribution in [2.75, 3.05) is 25.1 Å². The monoisotopic (exact) mass is 439 g/mol. The Morgan fingerprint density at radius 2 is 1.97 bits per heavy atom. The van der Waals surface area contributed by atoms with Crippen LogP contribution in [0.4, 0.5) is 5.69 Å². The van der Waals surface area contributed by atoms with E-state index in [0.29, 0.717) is 36.8 Å². The predicted molar refractivity (Wildman–Crippen MR) is 130 cm³/mol. The van der Waals surface area contributed by atoms with Crippen LogP contribution in [0.1, 0.15) is 31.4 Å². The summed E-state index contributed by atoms with van der Waals surface area (Å²) in [7, 11) is 0. The molecule has 0 aliphatic rings. The van der Waals surface area contributed by atoms with Gasteiger partial charge in [0.25, 0.3) is 5.56 Å². The molecule has 0 aliphatic heterocycles. The SMILES string of the molecule is CCOc1ccc2[nH]c(=O)c(CN(CCCO)C(=S)Nc3ccccc3CC)cc2c1. The Labute approximate surface area is 187 Å². The van der Waals surface area contributed by atoms with Crippen LogP contribution >= 0.6 is 12.2 Å². The number of H-pyrrole nitrogens is 1. The molecule has 0 saturated heterocycles. The highest BCUT2D eigenvalue weighted by Crippen LogP contribution is 2.20. The Bertz CT molecular complexity index is 1100. The molecular weight excluding hydrogens is 410 g/mol. The normalized spacial score (nSPS) is 10.8. The lowest BCUT2D eigenvalue weighted by Gasteiger charge is -2.26. The van der Waals surface area contributed by atoms with Gasteiger partial charge >= 0.3 is 0 Å². The molecule has 1 heterocycles. The summed E-state index contributed by atoms with van der Waals surface area (Å²) in [5, 5.41) is 14.1. The zero-order chi connectivity index (χ0) is 22.2. The van der Waals surface area contributed by atoms with E-state index in [2.05, 4.69) is 23.3 Å². The lowest BCUT2D eigenvalue weighted by atomic mass is 10.1. The molecule has 2 aromatic carbocycles. The summed E-state index contributed by atoms with van der Waals surface area (Å²) in [5.41, 5.74) is 3.34. The molecule has 7 heteroatoms. The molecule has 6 nitrogen and oxygen atoms in total. The lowest BCUT2D eigenvalue weighted by molar-refractivity contribution is 0.265. The number of ether oxygens (including phenoxy) is 1. The van der Waals surface area contributed by atoms with Gasteiger partial charge in [-0.05, 0) is 67.9 Å². The number of pyridine rings is 1. The summed E-state index contributed by atoms with van der Waals surface area (Å²) in [6.07, 6.45) is 1.44. The Hall–Kier alpha value is -2.90. The number of aliphatic hydroxyl groups is 1. The highest BCUT2D eigenvalue weighted by atomic mass is 32.1. The number of para-hydroxylation sites is 1. The van der Waals surface area contributed by atoms with E-state index < -0.39 is 0 Å². The van der Waals surface area contributed by atoms with Crippen molar-refractivity contribution in [1.82, 2.24) is 9.88 Å². The van der Waals surface area contributed by atoms with Gasteiger partial charge in [0.05, 0.1) is 13.2 Å². The van der Waals surface area contributed by atoms with Crippen LogP contribution in [0.15, 0.2) is 53.3 Å². The molecule has 0 aliphatic carbocycles.